The molecule has 0 unspecified atom stereocenters. The summed E-state index contributed by atoms with van der Waals surface area (Å²) in [5, 5.41) is 3.42. The molecule has 76 valence electrons. The van der Waals surface area contributed by atoms with E-state index in [9.17, 15) is 4.39 Å². The van der Waals surface area contributed by atoms with Gasteiger partial charge in [0, 0.05) is 17.5 Å². The van der Waals surface area contributed by atoms with Crippen molar-refractivity contribution in [1.82, 2.24) is 0 Å². The smallest absolute Gasteiger partial charge is 0.123 e. The highest BCUT2D eigenvalue weighted by molar-refractivity contribution is 7.99. The molecule has 1 fully saturated rings. The summed E-state index contributed by atoms with van der Waals surface area (Å²) >= 11 is 1.99. The summed E-state index contributed by atoms with van der Waals surface area (Å²) in [6, 6.07) is 7.15. The van der Waals surface area contributed by atoms with Crippen LogP contribution in [0.4, 0.5) is 10.1 Å². The van der Waals surface area contributed by atoms with Crippen LogP contribution in [0.3, 0.4) is 0 Å². The maximum absolute atomic E-state index is 12.6. The van der Waals surface area contributed by atoms with Crippen LogP contribution in [-0.2, 0) is 0 Å². The summed E-state index contributed by atoms with van der Waals surface area (Å²) in [5.41, 5.74) is 1.03. The minimum atomic E-state index is -0.173. The molecule has 1 atom stereocenters. The molecule has 1 aromatic rings. The van der Waals surface area contributed by atoms with Gasteiger partial charge in [-0.25, -0.2) is 4.39 Å². The molecule has 0 spiro atoms. The van der Waals surface area contributed by atoms with E-state index in [1.807, 2.05) is 11.8 Å². The molecule has 1 aliphatic rings. The molecule has 1 N–H and O–H groups in total. The van der Waals surface area contributed by atoms with Crippen LogP contribution in [0.5, 0.6) is 0 Å². The first-order valence-electron chi connectivity index (χ1n) is 4.94. The van der Waals surface area contributed by atoms with E-state index in [0.29, 0.717) is 6.04 Å². The Morgan fingerprint density at radius 2 is 2.07 bits per heavy atom. The second-order valence-corrected chi connectivity index (χ2v) is 4.72. The fraction of sp³-hybridized carbons (Fsp3) is 0.455. The van der Waals surface area contributed by atoms with E-state index in [1.54, 1.807) is 12.1 Å². The van der Waals surface area contributed by atoms with Crippen molar-refractivity contribution in [2.24, 2.45) is 0 Å². The van der Waals surface area contributed by atoms with Crippen molar-refractivity contribution in [3.05, 3.63) is 30.1 Å². The molecule has 0 amide bonds. The molecule has 1 nitrogen and oxygen atoms in total. The quantitative estimate of drug-likeness (QED) is 0.806. The minimum Gasteiger partial charge on any atom is -0.381 e. The third-order valence-corrected chi connectivity index (χ3v) is 3.59. The number of rotatable bonds is 2. The summed E-state index contributed by atoms with van der Waals surface area (Å²) in [6.07, 6.45) is 2.51. The van der Waals surface area contributed by atoms with Gasteiger partial charge in [0.25, 0.3) is 0 Å². The zero-order valence-electron chi connectivity index (χ0n) is 8.00. The Hall–Kier alpha value is -0.700. The molecule has 1 aromatic carbocycles. The summed E-state index contributed by atoms with van der Waals surface area (Å²) in [4.78, 5) is 0. The average Bonchev–Trinajstić information content (AvgIpc) is 2.23. The first kappa shape index (κ1) is 9.84. The minimum absolute atomic E-state index is 0.173. The van der Waals surface area contributed by atoms with Gasteiger partial charge in [-0.05, 0) is 42.9 Å². The van der Waals surface area contributed by atoms with E-state index < -0.39 is 0 Å². The standard InChI is InChI=1S/C11H14FNS/c12-9-3-5-10(6-4-9)13-11-2-1-7-14-8-11/h3-6,11,13H,1-2,7-8H2/t11-/m1/s1. The van der Waals surface area contributed by atoms with Crippen LogP contribution in [0.15, 0.2) is 24.3 Å². The molecular formula is C11H14FNS. The molecule has 3 heteroatoms. The molecule has 14 heavy (non-hydrogen) atoms. The Labute approximate surface area is 88.1 Å². The maximum atomic E-state index is 12.6. The first-order valence-corrected chi connectivity index (χ1v) is 6.10. The number of anilines is 1. The number of halogens is 1. The van der Waals surface area contributed by atoms with Gasteiger partial charge in [0.05, 0.1) is 0 Å². The molecule has 0 saturated carbocycles. The van der Waals surface area contributed by atoms with Crippen molar-refractivity contribution >= 4 is 17.4 Å². The highest BCUT2D eigenvalue weighted by atomic mass is 32.2. The lowest BCUT2D eigenvalue weighted by Gasteiger charge is -2.23. The summed E-state index contributed by atoms with van der Waals surface area (Å²) in [7, 11) is 0. The largest absolute Gasteiger partial charge is 0.381 e. The van der Waals surface area contributed by atoms with Gasteiger partial charge in [-0.3, -0.25) is 0 Å². The third-order valence-electron chi connectivity index (χ3n) is 2.38. The maximum Gasteiger partial charge on any atom is 0.123 e. The topological polar surface area (TPSA) is 12.0 Å². The highest BCUT2D eigenvalue weighted by Crippen LogP contribution is 2.20. The molecule has 0 aromatic heterocycles. The van der Waals surface area contributed by atoms with Crippen molar-refractivity contribution in [2.75, 3.05) is 16.8 Å². The number of hydrogen-bond donors (Lipinski definition) is 1. The van der Waals surface area contributed by atoms with Gasteiger partial charge in [-0.1, -0.05) is 0 Å². The molecule has 1 saturated heterocycles. The van der Waals surface area contributed by atoms with Gasteiger partial charge in [0.2, 0.25) is 0 Å². The Morgan fingerprint density at radius 3 is 2.71 bits per heavy atom. The lowest BCUT2D eigenvalue weighted by Crippen LogP contribution is -2.25. The fourth-order valence-corrected chi connectivity index (χ4v) is 2.71. The third kappa shape index (κ3) is 2.64. The van der Waals surface area contributed by atoms with E-state index in [1.165, 1.54) is 30.7 Å². The summed E-state index contributed by atoms with van der Waals surface area (Å²) < 4.78 is 12.6. The van der Waals surface area contributed by atoms with Crippen molar-refractivity contribution in [3.63, 3.8) is 0 Å². The Balaban J connectivity index is 1.92. The van der Waals surface area contributed by atoms with E-state index in [0.717, 1.165) is 11.4 Å². The second-order valence-electron chi connectivity index (χ2n) is 3.57. The fourth-order valence-electron chi connectivity index (χ4n) is 1.64. The zero-order valence-corrected chi connectivity index (χ0v) is 8.82. The van der Waals surface area contributed by atoms with Crippen LogP contribution in [-0.4, -0.2) is 17.5 Å². The van der Waals surface area contributed by atoms with Crippen LogP contribution in [0.1, 0.15) is 12.8 Å². The molecule has 0 aliphatic carbocycles. The number of hydrogen-bond acceptors (Lipinski definition) is 2. The van der Waals surface area contributed by atoms with Crippen molar-refractivity contribution in [1.29, 1.82) is 0 Å². The number of nitrogens with one attached hydrogen (secondary N) is 1. The van der Waals surface area contributed by atoms with Gasteiger partial charge in [0.1, 0.15) is 5.82 Å². The molecule has 1 heterocycles. The van der Waals surface area contributed by atoms with Crippen LogP contribution < -0.4 is 5.32 Å². The van der Waals surface area contributed by atoms with E-state index in [2.05, 4.69) is 5.32 Å². The van der Waals surface area contributed by atoms with Crippen LogP contribution in [0, 0.1) is 5.82 Å². The van der Waals surface area contributed by atoms with Crippen LogP contribution in [0.2, 0.25) is 0 Å². The van der Waals surface area contributed by atoms with Gasteiger partial charge >= 0.3 is 0 Å². The Kier molecular flexibility index (Phi) is 3.30. The summed E-state index contributed by atoms with van der Waals surface area (Å²) in [6.45, 7) is 0. The number of thioether (sulfide) groups is 1. The van der Waals surface area contributed by atoms with Gasteiger partial charge in [-0.15, -0.1) is 0 Å². The van der Waals surface area contributed by atoms with Gasteiger partial charge in [-0.2, -0.15) is 11.8 Å². The van der Waals surface area contributed by atoms with Gasteiger partial charge < -0.3 is 5.32 Å². The van der Waals surface area contributed by atoms with Crippen molar-refractivity contribution in [3.8, 4) is 0 Å². The predicted molar refractivity (Wildman–Crippen MR) is 60.4 cm³/mol. The van der Waals surface area contributed by atoms with Gasteiger partial charge in [0.15, 0.2) is 0 Å². The number of benzene rings is 1. The molecule has 2 rings (SSSR count). The van der Waals surface area contributed by atoms with Crippen LogP contribution >= 0.6 is 11.8 Å². The average molecular weight is 211 g/mol. The van der Waals surface area contributed by atoms with E-state index >= 15 is 0 Å². The van der Waals surface area contributed by atoms with Crippen molar-refractivity contribution in [2.45, 2.75) is 18.9 Å². The molecular weight excluding hydrogens is 197 g/mol. The van der Waals surface area contributed by atoms with E-state index in [4.69, 9.17) is 0 Å². The predicted octanol–water partition coefficient (Wildman–Crippen LogP) is 3.13. The zero-order chi connectivity index (χ0) is 9.80. The summed E-state index contributed by atoms with van der Waals surface area (Å²) in [5.74, 6) is 2.27. The molecule has 0 bridgehead atoms. The van der Waals surface area contributed by atoms with Crippen molar-refractivity contribution < 1.29 is 4.39 Å². The first-order chi connectivity index (χ1) is 6.84. The monoisotopic (exact) mass is 211 g/mol. The SMILES string of the molecule is Fc1ccc(N[C@@H]2CCCSC2)cc1. The molecule has 1 aliphatic heterocycles. The Morgan fingerprint density at radius 1 is 1.29 bits per heavy atom. The van der Waals surface area contributed by atoms with Crippen LogP contribution in [0.25, 0.3) is 0 Å². The van der Waals surface area contributed by atoms with E-state index in [-0.39, 0.29) is 5.82 Å². The highest BCUT2D eigenvalue weighted by Gasteiger charge is 2.12. The normalized spacial score (nSPS) is 21.9. The molecule has 0 radical (unpaired) electrons. The second kappa shape index (κ2) is 4.69. The Bertz CT molecular complexity index is 280. The lowest BCUT2D eigenvalue weighted by atomic mass is 10.1. The lowest BCUT2D eigenvalue weighted by molar-refractivity contribution is 0.627.